The Morgan fingerprint density at radius 2 is 1.68 bits per heavy atom. The van der Waals surface area contributed by atoms with Gasteiger partial charge in [0.05, 0.1) is 29.8 Å². The van der Waals surface area contributed by atoms with Crippen LogP contribution in [0, 0.1) is 18.7 Å². The number of morpholine rings is 1. The molecule has 2 aromatic carbocycles. The van der Waals surface area contributed by atoms with Crippen molar-refractivity contribution in [1.82, 2.24) is 9.47 Å². The first kappa shape index (κ1) is 25.0. The van der Waals surface area contributed by atoms with Gasteiger partial charge in [-0.2, -0.15) is 0 Å². The van der Waals surface area contributed by atoms with Crippen LogP contribution < -0.4 is 9.77 Å². The van der Waals surface area contributed by atoms with Gasteiger partial charge in [0.1, 0.15) is 17.6 Å². The van der Waals surface area contributed by atoms with Crippen molar-refractivity contribution in [1.29, 1.82) is 0 Å². The van der Waals surface area contributed by atoms with E-state index in [1.807, 2.05) is 19.1 Å². The van der Waals surface area contributed by atoms with E-state index in [0.717, 1.165) is 16.9 Å². The number of rotatable bonds is 4. The third kappa shape index (κ3) is 4.18. The summed E-state index contributed by atoms with van der Waals surface area (Å²) < 4.78 is 20.6. The van der Waals surface area contributed by atoms with E-state index < -0.39 is 22.9 Å². The first-order valence-electron chi connectivity index (χ1n) is 12.3. The third-order valence-electron chi connectivity index (χ3n) is 7.23. The molecule has 0 unspecified atom stereocenters. The molecule has 4 heterocycles. The molecule has 0 N–H and O–H groups in total. The summed E-state index contributed by atoms with van der Waals surface area (Å²) in [4.78, 5) is 57.0. The summed E-state index contributed by atoms with van der Waals surface area (Å²) in [6.07, 6.45) is 0. The molecule has 2 fully saturated rings. The van der Waals surface area contributed by atoms with Crippen LogP contribution in [-0.2, 0) is 25.7 Å². The largest absolute Gasteiger partial charge is 0.378 e. The molecule has 0 radical (unpaired) electrons. The van der Waals surface area contributed by atoms with Crippen LogP contribution in [0.1, 0.15) is 21.9 Å². The number of carbonyl (C=O) groups is 3. The highest BCUT2D eigenvalue weighted by atomic mass is 32.2. The van der Waals surface area contributed by atoms with Gasteiger partial charge in [-0.1, -0.05) is 52.9 Å². The molecule has 196 valence electrons. The molecule has 0 aliphatic carbocycles. The predicted octanol–water partition coefficient (Wildman–Crippen LogP) is 3.01. The number of amides is 3. The molecule has 3 aliphatic heterocycles. The molecular formula is C27H24FN3O5S2. The fourth-order valence-electron chi connectivity index (χ4n) is 5.28. The lowest BCUT2D eigenvalue weighted by Crippen LogP contribution is -2.43. The maximum absolute atomic E-state index is 13.8. The second kappa shape index (κ2) is 9.79. The second-order valence-corrected chi connectivity index (χ2v) is 11.7. The topological polar surface area (TPSA) is 88.9 Å². The minimum Gasteiger partial charge on any atom is -0.378 e. The Bertz CT molecular complexity index is 1480. The van der Waals surface area contributed by atoms with Crippen molar-refractivity contribution in [2.75, 3.05) is 31.2 Å². The molecule has 38 heavy (non-hydrogen) atoms. The van der Waals surface area contributed by atoms with Gasteiger partial charge in [0.25, 0.3) is 0 Å². The molecule has 0 bridgehead atoms. The number of imide groups is 1. The predicted molar refractivity (Wildman–Crippen MR) is 141 cm³/mol. The Kier molecular flexibility index (Phi) is 6.45. The maximum Gasteiger partial charge on any atom is 0.308 e. The van der Waals surface area contributed by atoms with E-state index in [2.05, 4.69) is 0 Å². The lowest BCUT2D eigenvalue weighted by atomic mass is 9.83. The fraction of sp³-hybridized carbons (Fsp3) is 0.333. The molecular weight excluding hydrogens is 529 g/mol. The van der Waals surface area contributed by atoms with E-state index >= 15 is 0 Å². The summed E-state index contributed by atoms with van der Waals surface area (Å²) in [7, 11) is 0. The molecule has 8 nitrogen and oxygen atoms in total. The summed E-state index contributed by atoms with van der Waals surface area (Å²) in [6, 6.07) is 13.0. The van der Waals surface area contributed by atoms with Crippen molar-refractivity contribution >= 4 is 46.5 Å². The van der Waals surface area contributed by atoms with Gasteiger partial charge >= 0.3 is 4.87 Å². The number of thioether (sulfide) groups is 1. The molecule has 0 spiro atoms. The quantitative estimate of drug-likeness (QED) is 0.462. The van der Waals surface area contributed by atoms with Crippen LogP contribution in [-0.4, -0.2) is 58.7 Å². The zero-order valence-corrected chi connectivity index (χ0v) is 22.1. The van der Waals surface area contributed by atoms with Crippen LogP contribution in [0.25, 0.3) is 0 Å². The average molecular weight is 554 g/mol. The molecule has 3 amide bonds. The van der Waals surface area contributed by atoms with Crippen molar-refractivity contribution in [2.45, 2.75) is 29.7 Å². The Balaban J connectivity index is 1.43. The van der Waals surface area contributed by atoms with Crippen LogP contribution in [0.5, 0.6) is 0 Å². The molecule has 2 saturated heterocycles. The molecule has 0 saturated carbocycles. The van der Waals surface area contributed by atoms with Gasteiger partial charge in [-0.3, -0.25) is 23.7 Å². The van der Waals surface area contributed by atoms with Crippen molar-refractivity contribution in [2.24, 2.45) is 5.92 Å². The summed E-state index contributed by atoms with van der Waals surface area (Å²) in [5.74, 6) is -2.74. The van der Waals surface area contributed by atoms with E-state index in [4.69, 9.17) is 4.74 Å². The minimum absolute atomic E-state index is 0.158. The van der Waals surface area contributed by atoms with Gasteiger partial charge in [-0.05, 0) is 36.8 Å². The highest BCUT2D eigenvalue weighted by molar-refractivity contribution is 8.00. The van der Waals surface area contributed by atoms with Gasteiger partial charge in [-0.15, -0.1) is 0 Å². The minimum atomic E-state index is -0.787. The SMILES string of the molecule is Cc1ccc(N2C(=O)[C@H]3[C@H](c4ccc(F)cc4)c4sc(=O)n(CC(=O)N5CCOCC5)c4S[C@H]3C2=O)cc1. The van der Waals surface area contributed by atoms with Crippen molar-refractivity contribution in [3.63, 3.8) is 0 Å². The van der Waals surface area contributed by atoms with Crippen LogP contribution in [0.4, 0.5) is 10.1 Å². The second-order valence-electron chi connectivity index (χ2n) is 9.56. The Morgan fingerprint density at radius 1 is 1.00 bits per heavy atom. The van der Waals surface area contributed by atoms with Gasteiger partial charge < -0.3 is 9.64 Å². The summed E-state index contributed by atoms with van der Waals surface area (Å²) >= 11 is 2.15. The Morgan fingerprint density at radius 3 is 2.37 bits per heavy atom. The normalized spacial score (nSPS) is 22.9. The van der Waals surface area contributed by atoms with Crippen molar-refractivity contribution in [3.05, 3.63) is 80.0 Å². The number of thiazole rings is 1. The van der Waals surface area contributed by atoms with Gasteiger partial charge in [0, 0.05) is 23.9 Å². The maximum atomic E-state index is 13.8. The first-order valence-corrected chi connectivity index (χ1v) is 14.0. The number of aromatic nitrogens is 1. The molecule has 3 aliphatic rings. The molecule has 1 aromatic heterocycles. The van der Waals surface area contributed by atoms with Crippen LogP contribution in [0.15, 0.2) is 58.4 Å². The van der Waals surface area contributed by atoms with Gasteiger partial charge in [-0.25, -0.2) is 9.29 Å². The fourth-order valence-corrected chi connectivity index (χ4v) is 8.05. The highest BCUT2D eigenvalue weighted by Gasteiger charge is 2.56. The Labute approximate surface area is 226 Å². The van der Waals surface area contributed by atoms with Crippen LogP contribution in [0.2, 0.25) is 0 Å². The number of halogens is 1. The monoisotopic (exact) mass is 553 g/mol. The average Bonchev–Trinajstić information content (AvgIpc) is 3.36. The summed E-state index contributed by atoms with van der Waals surface area (Å²) in [6.45, 7) is 3.56. The summed E-state index contributed by atoms with van der Waals surface area (Å²) in [5, 5.41) is -0.269. The Hall–Kier alpha value is -3.28. The number of carbonyl (C=O) groups excluding carboxylic acids is 3. The lowest BCUT2D eigenvalue weighted by molar-refractivity contribution is -0.136. The van der Waals surface area contributed by atoms with E-state index in [-0.39, 0.29) is 29.1 Å². The number of hydrogen-bond donors (Lipinski definition) is 0. The number of ether oxygens (including phenoxy) is 1. The lowest BCUT2D eigenvalue weighted by Gasteiger charge is -2.31. The number of benzene rings is 2. The third-order valence-corrected chi connectivity index (χ3v) is 9.83. The molecule has 6 rings (SSSR count). The van der Waals surface area contributed by atoms with Gasteiger partial charge in [0.15, 0.2) is 0 Å². The number of nitrogens with zero attached hydrogens (tertiary/aromatic N) is 3. The number of fused-ring (bicyclic) bond motifs is 2. The zero-order chi connectivity index (χ0) is 26.6. The molecule has 3 aromatic rings. The smallest absolute Gasteiger partial charge is 0.308 e. The first-order chi connectivity index (χ1) is 18.3. The highest BCUT2D eigenvalue weighted by Crippen LogP contribution is 2.53. The van der Waals surface area contributed by atoms with E-state index in [1.54, 1.807) is 29.2 Å². The van der Waals surface area contributed by atoms with Crippen molar-refractivity contribution in [3.8, 4) is 0 Å². The molecule has 11 heteroatoms. The zero-order valence-electron chi connectivity index (χ0n) is 20.5. The van der Waals surface area contributed by atoms with Crippen LogP contribution >= 0.6 is 23.1 Å². The van der Waals surface area contributed by atoms with E-state index in [9.17, 15) is 23.6 Å². The van der Waals surface area contributed by atoms with Crippen molar-refractivity contribution < 1.29 is 23.5 Å². The van der Waals surface area contributed by atoms with Gasteiger partial charge in [0.2, 0.25) is 17.7 Å². The molecule has 3 atom stereocenters. The van der Waals surface area contributed by atoms with E-state index in [1.165, 1.54) is 33.4 Å². The number of aryl methyl sites for hydroxylation is 1. The summed E-state index contributed by atoms with van der Waals surface area (Å²) in [5.41, 5.74) is 2.13. The standard InChI is InChI=1S/C27H24FN3O5S2/c1-15-2-8-18(9-3-15)31-24(33)21-20(16-4-6-17(28)7-5-16)23-26(37-22(21)25(31)34)30(27(35)38-23)14-19(32)29-10-12-36-13-11-29/h2-9,20-22H,10-14H2,1H3/t20-,21-,22+/m0/s1. The van der Waals surface area contributed by atoms with Crippen LogP contribution in [0.3, 0.4) is 0 Å². The van der Waals surface area contributed by atoms with E-state index in [0.29, 0.717) is 47.5 Å². The number of anilines is 1. The number of hydrogen-bond acceptors (Lipinski definition) is 7.